The minimum atomic E-state index is -2.57. The summed E-state index contributed by atoms with van der Waals surface area (Å²) in [5.74, 6) is 0.779. The summed E-state index contributed by atoms with van der Waals surface area (Å²) in [5.41, 5.74) is 0.494. The fraction of sp³-hybridized carbons (Fsp3) is 0.444. The molecule has 0 atom stereocenters. The largest absolute Gasteiger partial charge is 0.492 e. The van der Waals surface area contributed by atoms with Crippen LogP contribution >= 0.6 is 0 Å². The van der Waals surface area contributed by atoms with Crippen LogP contribution in [0, 0.1) is 0 Å². The number of benzene rings is 1. The third-order valence-electron chi connectivity index (χ3n) is 4.13. The van der Waals surface area contributed by atoms with Gasteiger partial charge >= 0.3 is 0 Å². The van der Waals surface area contributed by atoms with Crippen molar-refractivity contribution in [2.45, 2.75) is 25.7 Å². The van der Waals surface area contributed by atoms with Crippen LogP contribution in [0.4, 0.5) is 8.78 Å². The maximum Gasteiger partial charge on any atom is 0.267 e. The first-order chi connectivity index (χ1) is 11.3. The zero-order valence-electron chi connectivity index (χ0n) is 13.0. The van der Waals surface area contributed by atoms with E-state index in [1.54, 1.807) is 24.3 Å². The van der Waals surface area contributed by atoms with Crippen molar-refractivity contribution in [1.82, 2.24) is 4.90 Å². The van der Waals surface area contributed by atoms with Gasteiger partial charge in [0, 0.05) is 6.54 Å². The van der Waals surface area contributed by atoms with Crippen molar-refractivity contribution in [3.05, 3.63) is 42.2 Å². The average Bonchev–Trinajstić information content (AvgIpc) is 3.24. The molecule has 0 amide bonds. The number of rotatable bonds is 7. The highest BCUT2D eigenvalue weighted by molar-refractivity contribution is 5.68. The molecule has 1 saturated heterocycles. The second-order valence-electron chi connectivity index (χ2n) is 5.75. The Morgan fingerprint density at radius 2 is 1.96 bits per heavy atom. The van der Waals surface area contributed by atoms with Crippen LogP contribution in [0.5, 0.6) is 5.75 Å². The van der Waals surface area contributed by atoms with Crippen LogP contribution in [-0.4, -0.2) is 31.1 Å². The highest BCUT2D eigenvalue weighted by Gasteiger charge is 2.20. The fourth-order valence-electron chi connectivity index (χ4n) is 2.98. The Hall–Kier alpha value is -1.88. The van der Waals surface area contributed by atoms with E-state index >= 15 is 0 Å². The van der Waals surface area contributed by atoms with Gasteiger partial charge in [-0.15, -0.1) is 0 Å². The Morgan fingerprint density at radius 3 is 2.65 bits per heavy atom. The third kappa shape index (κ3) is 3.91. The summed E-state index contributed by atoms with van der Waals surface area (Å²) < 4.78 is 37.7. The van der Waals surface area contributed by atoms with Crippen LogP contribution in [0.1, 0.15) is 31.3 Å². The number of alkyl halides is 2. The zero-order valence-corrected chi connectivity index (χ0v) is 13.0. The van der Waals surface area contributed by atoms with Crippen LogP contribution < -0.4 is 4.74 Å². The summed E-state index contributed by atoms with van der Waals surface area (Å²) >= 11 is 0. The summed E-state index contributed by atoms with van der Waals surface area (Å²) in [4.78, 5) is 2.38. The maximum absolute atomic E-state index is 13.3. The summed E-state index contributed by atoms with van der Waals surface area (Å²) in [7, 11) is 0. The lowest BCUT2D eigenvalue weighted by Gasteiger charge is -2.17. The van der Waals surface area contributed by atoms with Crippen molar-refractivity contribution < 1.29 is 17.9 Å². The molecule has 1 aliphatic rings. The summed E-state index contributed by atoms with van der Waals surface area (Å²) in [5, 5.41) is 0. The molecular formula is C18H21F2NO2. The second-order valence-corrected chi connectivity index (χ2v) is 5.75. The quantitative estimate of drug-likeness (QED) is 0.688. The Kier molecular flexibility index (Phi) is 5.28. The van der Waals surface area contributed by atoms with Gasteiger partial charge < -0.3 is 14.1 Å². The molecule has 2 aromatic rings. The predicted octanol–water partition coefficient (Wildman–Crippen LogP) is 4.75. The minimum Gasteiger partial charge on any atom is -0.492 e. The van der Waals surface area contributed by atoms with Gasteiger partial charge in [-0.3, -0.25) is 0 Å². The predicted molar refractivity (Wildman–Crippen MR) is 84.9 cm³/mol. The molecule has 0 N–H and O–H groups in total. The lowest BCUT2D eigenvalue weighted by Crippen LogP contribution is -2.22. The van der Waals surface area contributed by atoms with Crippen LogP contribution in [-0.2, 0) is 0 Å². The molecule has 124 valence electrons. The molecule has 0 saturated carbocycles. The standard InChI is InChI=1S/C18H21F2NO2/c19-18(20)15-7-3-6-14(16-8-4-12-22-16)17(15)23-13-5-11-21-9-1-2-10-21/h3-4,6-8,12,18H,1-2,5,9-11,13H2. The van der Waals surface area contributed by atoms with Gasteiger partial charge in [-0.25, -0.2) is 8.78 Å². The van der Waals surface area contributed by atoms with Gasteiger partial charge in [0.15, 0.2) is 0 Å². The van der Waals surface area contributed by atoms with Crippen molar-refractivity contribution in [2.75, 3.05) is 26.2 Å². The number of hydrogen-bond acceptors (Lipinski definition) is 3. The van der Waals surface area contributed by atoms with Gasteiger partial charge in [0.05, 0.1) is 24.0 Å². The molecule has 0 radical (unpaired) electrons. The van der Waals surface area contributed by atoms with Crippen molar-refractivity contribution >= 4 is 0 Å². The lowest BCUT2D eigenvalue weighted by atomic mass is 10.1. The number of furan rings is 1. The van der Waals surface area contributed by atoms with Crippen molar-refractivity contribution in [3.63, 3.8) is 0 Å². The van der Waals surface area contributed by atoms with E-state index < -0.39 is 6.43 Å². The Morgan fingerprint density at radius 1 is 1.13 bits per heavy atom. The van der Waals surface area contributed by atoms with Gasteiger partial charge in [-0.1, -0.05) is 6.07 Å². The fourth-order valence-corrected chi connectivity index (χ4v) is 2.98. The van der Waals surface area contributed by atoms with Crippen LogP contribution in [0.2, 0.25) is 0 Å². The van der Waals surface area contributed by atoms with E-state index in [0.29, 0.717) is 17.9 Å². The molecule has 23 heavy (non-hydrogen) atoms. The van der Waals surface area contributed by atoms with E-state index in [9.17, 15) is 8.78 Å². The number of para-hydroxylation sites is 1. The minimum absolute atomic E-state index is 0.0833. The molecule has 3 nitrogen and oxygen atoms in total. The topological polar surface area (TPSA) is 25.6 Å². The molecule has 1 aromatic heterocycles. The van der Waals surface area contributed by atoms with E-state index in [1.165, 1.54) is 25.2 Å². The highest BCUT2D eigenvalue weighted by atomic mass is 19.3. The molecule has 2 heterocycles. The van der Waals surface area contributed by atoms with Crippen molar-refractivity contribution in [1.29, 1.82) is 0 Å². The van der Waals surface area contributed by atoms with E-state index in [1.807, 2.05) is 0 Å². The van der Waals surface area contributed by atoms with E-state index in [4.69, 9.17) is 9.15 Å². The second kappa shape index (κ2) is 7.59. The highest BCUT2D eigenvalue weighted by Crippen LogP contribution is 2.38. The van der Waals surface area contributed by atoms with Crippen LogP contribution in [0.3, 0.4) is 0 Å². The number of nitrogens with zero attached hydrogens (tertiary/aromatic N) is 1. The summed E-state index contributed by atoms with van der Waals surface area (Å²) in [6, 6.07) is 8.26. The number of ether oxygens (including phenoxy) is 1. The number of hydrogen-bond donors (Lipinski definition) is 0. The molecule has 0 bridgehead atoms. The molecule has 1 fully saturated rings. The van der Waals surface area contributed by atoms with E-state index in [2.05, 4.69) is 4.90 Å². The summed E-state index contributed by atoms with van der Waals surface area (Å²) in [6.45, 7) is 3.64. The van der Waals surface area contributed by atoms with Gasteiger partial charge in [0.1, 0.15) is 11.5 Å². The molecule has 3 rings (SSSR count). The Balaban J connectivity index is 1.70. The Labute approximate surface area is 134 Å². The molecule has 0 spiro atoms. The van der Waals surface area contributed by atoms with E-state index in [0.717, 1.165) is 26.1 Å². The third-order valence-corrected chi connectivity index (χ3v) is 4.13. The Bertz CT molecular complexity index is 607. The lowest BCUT2D eigenvalue weighted by molar-refractivity contribution is 0.144. The van der Waals surface area contributed by atoms with Gasteiger partial charge in [0.25, 0.3) is 6.43 Å². The molecular weight excluding hydrogens is 300 g/mol. The first-order valence-corrected chi connectivity index (χ1v) is 8.06. The normalized spacial score (nSPS) is 15.4. The summed E-state index contributed by atoms with van der Waals surface area (Å²) in [6.07, 6.45) is 2.28. The smallest absolute Gasteiger partial charge is 0.267 e. The first-order valence-electron chi connectivity index (χ1n) is 8.06. The van der Waals surface area contributed by atoms with Crippen molar-refractivity contribution in [3.8, 4) is 17.1 Å². The van der Waals surface area contributed by atoms with E-state index in [-0.39, 0.29) is 11.3 Å². The van der Waals surface area contributed by atoms with Gasteiger partial charge in [-0.05, 0) is 56.6 Å². The average molecular weight is 321 g/mol. The van der Waals surface area contributed by atoms with Crippen LogP contribution in [0.15, 0.2) is 41.0 Å². The van der Waals surface area contributed by atoms with Gasteiger partial charge in [-0.2, -0.15) is 0 Å². The molecule has 1 aromatic carbocycles. The number of halogens is 2. The molecule has 0 aliphatic carbocycles. The first kappa shape index (κ1) is 16.0. The van der Waals surface area contributed by atoms with Crippen molar-refractivity contribution in [2.24, 2.45) is 0 Å². The van der Waals surface area contributed by atoms with Gasteiger partial charge in [0.2, 0.25) is 0 Å². The number of likely N-dealkylation sites (tertiary alicyclic amines) is 1. The molecule has 1 aliphatic heterocycles. The van der Waals surface area contributed by atoms with Crippen LogP contribution in [0.25, 0.3) is 11.3 Å². The zero-order chi connectivity index (χ0) is 16.1. The molecule has 5 heteroatoms. The molecule has 0 unspecified atom stereocenters. The monoisotopic (exact) mass is 321 g/mol. The maximum atomic E-state index is 13.3. The SMILES string of the molecule is FC(F)c1cccc(-c2ccco2)c1OCCCN1CCCC1.